The van der Waals surface area contributed by atoms with E-state index >= 15 is 0 Å². The number of nitrogens with zero attached hydrogens (tertiary/aromatic N) is 1. The summed E-state index contributed by atoms with van der Waals surface area (Å²) in [4.78, 5) is 6.30. The summed E-state index contributed by atoms with van der Waals surface area (Å²) in [5, 5.41) is 5.74. The number of rotatable bonds is 3. The van der Waals surface area contributed by atoms with Crippen LogP contribution in [0, 0.1) is 0 Å². The van der Waals surface area contributed by atoms with Gasteiger partial charge in [0.25, 0.3) is 0 Å². The summed E-state index contributed by atoms with van der Waals surface area (Å²) in [7, 11) is 1.73. The van der Waals surface area contributed by atoms with Crippen molar-refractivity contribution in [3.05, 3.63) is 17.2 Å². The van der Waals surface area contributed by atoms with Crippen LogP contribution in [0.1, 0.15) is 72.1 Å². The minimum Gasteiger partial charge on any atom is -0.496 e. The van der Waals surface area contributed by atoms with Crippen molar-refractivity contribution in [2.75, 3.05) is 13.7 Å². The van der Waals surface area contributed by atoms with Gasteiger partial charge in [0, 0.05) is 29.6 Å². The van der Waals surface area contributed by atoms with E-state index in [0.717, 1.165) is 34.8 Å². The molecule has 2 aliphatic rings. The number of benzene rings is 1. The molecular weight excluding hydrogens is 316 g/mol. The fourth-order valence-electron chi connectivity index (χ4n) is 4.05. The molecule has 0 aromatic heterocycles. The molecule has 2 heterocycles. The van der Waals surface area contributed by atoms with Crippen molar-refractivity contribution in [2.45, 2.75) is 78.0 Å². The summed E-state index contributed by atoms with van der Waals surface area (Å²) in [5.74, 6) is 2.54. The molecule has 2 aliphatic heterocycles. The average molecular weight is 348 g/mol. The van der Waals surface area contributed by atoms with E-state index in [2.05, 4.69) is 59.8 Å². The van der Waals surface area contributed by atoms with E-state index in [4.69, 9.17) is 14.3 Å². The zero-order valence-corrected chi connectivity index (χ0v) is 16.8. The number of hydroxylamine groups is 2. The van der Waals surface area contributed by atoms with Crippen LogP contribution in [-0.4, -0.2) is 30.4 Å². The third-order valence-electron chi connectivity index (χ3n) is 4.91. The Balaban J connectivity index is 2.14. The van der Waals surface area contributed by atoms with Crippen molar-refractivity contribution in [3.63, 3.8) is 0 Å². The maximum absolute atomic E-state index is 6.30. The maximum Gasteiger partial charge on any atom is 0.198 e. The average Bonchev–Trinajstić information content (AvgIpc) is 2.78. The Morgan fingerprint density at radius 3 is 2.52 bits per heavy atom. The van der Waals surface area contributed by atoms with Crippen LogP contribution in [0.5, 0.6) is 17.2 Å². The van der Waals surface area contributed by atoms with Crippen LogP contribution in [0.2, 0.25) is 0 Å². The highest BCUT2D eigenvalue weighted by molar-refractivity contribution is 5.63. The summed E-state index contributed by atoms with van der Waals surface area (Å²) in [6, 6.07) is 2.60. The monoisotopic (exact) mass is 348 g/mol. The van der Waals surface area contributed by atoms with Crippen LogP contribution >= 0.6 is 0 Å². The molecule has 0 amide bonds. The molecule has 0 bridgehead atoms. The highest BCUT2D eigenvalue weighted by Crippen LogP contribution is 2.55. The van der Waals surface area contributed by atoms with Crippen LogP contribution in [0.3, 0.4) is 0 Å². The first-order valence-corrected chi connectivity index (χ1v) is 9.19. The maximum atomic E-state index is 6.30. The Morgan fingerprint density at radius 2 is 1.96 bits per heavy atom. The van der Waals surface area contributed by atoms with Crippen molar-refractivity contribution < 1.29 is 14.3 Å². The molecule has 0 aliphatic carbocycles. The molecule has 1 atom stereocenters. The van der Waals surface area contributed by atoms with Gasteiger partial charge in [0.1, 0.15) is 5.75 Å². The van der Waals surface area contributed by atoms with Gasteiger partial charge in [-0.3, -0.25) is 0 Å². The van der Waals surface area contributed by atoms with Gasteiger partial charge < -0.3 is 19.6 Å². The van der Waals surface area contributed by atoms with Gasteiger partial charge in [-0.2, -0.15) is 0 Å². The van der Waals surface area contributed by atoms with E-state index < -0.39 is 0 Å². The summed E-state index contributed by atoms with van der Waals surface area (Å²) in [6.07, 6.45) is 0.934. The van der Waals surface area contributed by atoms with Gasteiger partial charge in [0.05, 0.1) is 24.8 Å². The van der Waals surface area contributed by atoms with Crippen LogP contribution < -0.4 is 19.6 Å². The number of nitrogens with one attached hydrogen (secondary N) is 1. The minimum absolute atomic E-state index is 0.0234. The lowest BCUT2D eigenvalue weighted by Gasteiger charge is -2.34. The van der Waals surface area contributed by atoms with E-state index in [1.807, 2.05) is 5.06 Å². The van der Waals surface area contributed by atoms with Crippen LogP contribution in [0.15, 0.2) is 6.07 Å². The zero-order chi connectivity index (χ0) is 18.6. The smallest absolute Gasteiger partial charge is 0.198 e. The van der Waals surface area contributed by atoms with Gasteiger partial charge in [-0.1, -0.05) is 0 Å². The van der Waals surface area contributed by atoms with Crippen LogP contribution in [0.25, 0.3) is 0 Å². The number of hydrogen-bond donors (Lipinski definition) is 1. The van der Waals surface area contributed by atoms with E-state index in [0.29, 0.717) is 6.61 Å². The van der Waals surface area contributed by atoms with Gasteiger partial charge in [0.15, 0.2) is 11.5 Å². The molecule has 5 heteroatoms. The zero-order valence-electron chi connectivity index (χ0n) is 16.8. The molecule has 0 saturated carbocycles. The highest BCUT2D eigenvalue weighted by Gasteiger charge is 2.47. The van der Waals surface area contributed by atoms with Crippen LogP contribution in [-0.2, 0) is 5.54 Å². The van der Waals surface area contributed by atoms with Crippen molar-refractivity contribution in [1.29, 1.82) is 0 Å². The SMILES string of the molecule is COc1cc2c(c3c1C(C)(C)N(C(C)C)O3)OCCC2NC(C)(C)C. The van der Waals surface area contributed by atoms with Gasteiger partial charge in [-0.15, -0.1) is 5.06 Å². The Labute approximate surface area is 151 Å². The molecule has 0 fully saturated rings. The first-order valence-electron chi connectivity index (χ1n) is 9.19. The third kappa shape index (κ3) is 3.08. The van der Waals surface area contributed by atoms with Gasteiger partial charge in [0.2, 0.25) is 0 Å². The van der Waals surface area contributed by atoms with Gasteiger partial charge >= 0.3 is 0 Å². The van der Waals surface area contributed by atoms with E-state index in [9.17, 15) is 0 Å². The molecule has 0 spiro atoms. The fourth-order valence-corrected chi connectivity index (χ4v) is 4.05. The van der Waals surface area contributed by atoms with Crippen molar-refractivity contribution >= 4 is 0 Å². The molecule has 1 unspecified atom stereocenters. The molecule has 25 heavy (non-hydrogen) atoms. The summed E-state index contributed by atoms with van der Waals surface area (Å²) in [5.41, 5.74) is 1.94. The number of hydrogen-bond acceptors (Lipinski definition) is 5. The summed E-state index contributed by atoms with van der Waals surface area (Å²) < 4.78 is 11.9. The van der Waals surface area contributed by atoms with E-state index in [1.165, 1.54) is 0 Å². The lowest BCUT2D eigenvalue weighted by atomic mass is 9.88. The van der Waals surface area contributed by atoms with E-state index in [-0.39, 0.29) is 23.2 Å². The lowest BCUT2D eigenvalue weighted by Crippen LogP contribution is -2.43. The normalized spacial score (nSPS) is 22.2. The molecule has 1 aromatic carbocycles. The largest absolute Gasteiger partial charge is 0.496 e. The second-order valence-corrected chi connectivity index (χ2v) is 8.86. The minimum atomic E-state index is -0.280. The first kappa shape index (κ1) is 18.3. The number of methoxy groups -OCH3 is 1. The topological polar surface area (TPSA) is 43.0 Å². The number of fused-ring (bicyclic) bond motifs is 3. The second kappa shape index (κ2) is 6.06. The standard InChI is InChI=1S/C20H32N2O3/c1-12(2)22-20(6,7)16-15(23-8)11-13-14(21-19(3,4)5)9-10-24-17(13)18(16)25-22/h11-12,14,21H,9-10H2,1-8H3. The van der Waals surface area contributed by atoms with Gasteiger partial charge in [-0.05, 0) is 54.5 Å². The highest BCUT2D eigenvalue weighted by atomic mass is 16.7. The predicted molar refractivity (Wildman–Crippen MR) is 99.4 cm³/mol. The lowest BCUT2D eigenvalue weighted by molar-refractivity contribution is -0.134. The molecule has 1 N–H and O–H groups in total. The van der Waals surface area contributed by atoms with Crippen molar-refractivity contribution in [3.8, 4) is 17.2 Å². The second-order valence-electron chi connectivity index (χ2n) is 8.86. The Hall–Kier alpha value is -1.46. The summed E-state index contributed by atoms with van der Waals surface area (Å²) >= 11 is 0. The molecule has 3 rings (SSSR count). The van der Waals surface area contributed by atoms with E-state index in [1.54, 1.807) is 7.11 Å². The Kier molecular flexibility index (Phi) is 4.44. The molecule has 0 radical (unpaired) electrons. The van der Waals surface area contributed by atoms with Gasteiger partial charge in [-0.25, -0.2) is 0 Å². The molecular formula is C20H32N2O3. The van der Waals surface area contributed by atoms with Crippen LogP contribution in [0.4, 0.5) is 0 Å². The van der Waals surface area contributed by atoms with Crippen molar-refractivity contribution in [2.24, 2.45) is 0 Å². The Morgan fingerprint density at radius 1 is 1.28 bits per heavy atom. The number of ether oxygens (including phenoxy) is 2. The third-order valence-corrected chi connectivity index (χ3v) is 4.91. The molecule has 1 aromatic rings. The summed E-state index contributed by atoms with van der Waals surface area (Å²) in [6.45, 7) is 15.9. The van der Waals surface area contributed by atoms with Crippen molar-refractivity contribution in [1.82, 2.24) is 10.4 Å². The fraction of sp³-hybridized carbons (Fsp3) is 0.700. The molecule has 0 saturated heterocycles. The Bertz CT molecular complexity index is 662. The molecule has 5 nitrogen and oxygen atoms in total. The quantitative estimate of drug-likeness (QED) is 0.888. The first-order chi connectivity index (χ1) is 11.6. The molecule has 140 valence electrons. The predicted octanol–water partition coefficient (Wildman–Crippen LogP) is 4.16.